The first-order valence-electron chi connectivity index (χ1n) is 11.0. The summed E-state index contributed by atoms with van der Waals surface area (Å²) in [6, 6.07) is 13.1. The summed E-state index contributed by atoms with van der Waals surface area (Å²) in [7, 11) is 0. The first-order valence-corrected chi connectivity index (χ1v) is 11.8. The number of benzene rings is 2. The number of thioether (sulfide) groups is 1. The zero-order valence-electron chi connectivity index (χ0n) is 18.2. The number of amidine groups is 3. The molecule has 4 aliphatic rings. The number of likely N-dealkylation sites (tertiary alicyclic amines) is 1. The monoisotopic (exact) mass is 475 g/mol. The number of carbonyl (C=O) groups excluding carboxylic acids is 1. The molecule has 34 heavy (non-hydrogen) atoms. The number of hydrogen-bond donors (Lipinski definition) is 1. The lowest BCUT2D eigenvalue weighted by atomic mass is 10.1. The van der Waals surface area contributed by atoms with Crippen molar-refractivity contribution in [2.45, 2.75) is 19.4 Å². The predicted molar refractivity (Wildman–Crippen MR) is 129 cm³/mol. The summed E-state index contributed by atoms with van der Waals surface area (Å²) in [5.41, 5.74) is 1.96. The van der Waals surface area contributed by atoms with Crippen LogP contribution < -0.4 is 14.2 Å². The van der Waals surface area contributed by atoms with Crippen LogP contribution in [0.3, 0.4) is 0 Å². The van der Waals surface area contributed by atoms with E-state index < -0.39 is 5.91 Å². The van der Waals surface area contributed by atoms with Crippen molar-refractivity contribution in [3.8, 4) is 17.2 Å². The highest BCUT2D eigenvalue weighted by Gasteiger charge is 2.37. The lowest BCUT2D eigenvalue weighted by Crippen LogP contribution is -2.35. The third kappa shape index (κ3) is 3.90. The van der Waals surface area contributed by atoms with Gasteiger partial charge in [0.15, 0.2) is 22.5 Å². The Morgan fingerprint density at radius 1 is 1.06 bits per heavy atom. The van der Waals surface area contributed by atoms with Crippen molar-refractivity contribution < 1.29 is 19.0 Å². The summed E-state index contributed by atoms with van der Waals surface area (Å²) in [6.45, 7) is 2.52. The van der Waals surface area contributed by atoms with E-state index in [0.29, 0.717) is 17.5 Å². The van der Waals surface area contributed by atoms with Crippen LogP contribution in [0.2, 0.25) is 0 Å². The van der Waals surface area contributed by atoms with Gasteiger partial charge in [0.25, 0.3) is 5.91 Å². The number of rotatable bonds is 4. The summed E-state index contributed by atoms with van der Waals surface area (Å²) in [6.07, 6.45) is 3.93. The smallest absolute Gasteiger partial charge is 0.283 e. The van der Waals surface area contributed by atoms with E-state index in [1.165, 1.54) is 16.8 Å². The molecule has 10 heteroatoms. The molecule has 0 spiro atoms. The van der Waals surface area contributed by atoms with Crippen LogP contribution in [0.5, 0.6) is 17.2 Å². The van der Waals surface area contributed by atoms with Crippen molar-refractivity contribution in [1.29, 1.82) is 5.41 Å². The molecule has 0 bridgehead atoms. The third-order valence-corrected chi connectivity index (χ3v) is 6.82. The summed E-state index contributed by atoms with van der Waals surface area (Å²) < 4.78 is 16.6. The Labute approximate surface area is 200 Å². The van der Waals surface area contributed by atoms with Gasteiger partial charge in [0.05, 0.1) is 5.57 Å². The van der Waals surface area contributed by atoms with Gasteiger partial charge in [-0.15, -0.1) is 5.10 Å². The van der Waals surface area contributed by atoms with E-state index in [1.54, 1.807) is 6.08 Å². The van der Waals surface area contributed by atoms with Crippen LogP contribution in [-0.4, -0.2) is 51.9 Å². The molecule has 1 N–H and O–H groups in total. The van der Waals surface area contributed by atoms with E-state index in [2.05, 4.69) is 15.0 Å². The molecule has 2 aromatic rings. The average Bonchev–Trinajstić information content (AvgIpc) is 3.61. The minimum absolute atomic E-state index is 0.0415. The Hall–Kier alpha value is -3.79. The van der Waals surface area contributed by atoms with Crippen LogP contribution in [0.1, 0.15) is 24.0 Å². The predicted octanol–water partition coefficient (Wildman–Crippen LogP) is 3.67. The largest absolute Gasteiger partial charge is 0.489 e. The number of aliphatic imine (C=N–C) groups is 1. The van der Waals surface area contributed by atoms with Gasteiger partial charge in [-0.1, -0.05) is 18.2 Å². The lowest BCUT2D eigenvalue weighted by molar-refractivity contribution is -0.114. The molecule has 1 amide bonds. The number of hydrazone groups is 1. The molecular weight excluding hydrogens is 454 g/mol. The normalized spacial score (nSPS) is 20.1. The second-order valence-corrected chi connectivity index (χ2v) is 9.08. The van der Waals surface area contributed by atoms with E-state index in [-0.39, 0.29) is 18.2 Å². The number of amides is 1. The van der Waals surface area contributed by atoms with E-state index in [0.717, 1.165) is 53.7 Å². The van der Waals surface area contributed by atoms with Gasteiger partial charge in [0.2, 0.25) is 12.0 Å². The molecule has 0 atom stereocenters. The Morgan fingerprint density at radius 3 is 2.68 bits per heavy atom. The van der Waals surface area contributed by atoms with Crippen molar-refractivity contribution in [3.05, 3.63) is 59.2 Å². The molecule has 172 valence electrons. The Morgan fingerprint density at radius 2 is 1.85 bits per heavy atom. The molecule has 0 aliphatic carbocycles. The maximum Gasteiger partial charge on any atom is 0.283 e. The van der Waals surface area contributed by atoms with Gasteiger partial charge in [-0.2, -0.15) is 10.0 Å². The van der Waals surface area contributed by atoms with Crippen LogP contribution >= 0.6 is 11.8 Å². The summed E-state index contributed by atoms with van der Waals surface area (Å²) in [5.74, 6) is 1.78. The van der Waals surface area contributed by atoms with Crippen molar-refractivity contribution in [2.75, 3.05) is 19.9 Å². The van der Waals surface area contributed by atoms with Crippen LogP contribution in [0, 0.1) is 5.41 Å². The molecule has 0 saturated carbocycles. The molecule has 0 aromatic heterocycles. The number of nitrogens with zero attached hydrogens (tertiary/aromatic N) is 4. The number of ether oxygens (including phenoxy) is 3. The molecule has 1 fully saturated rings. The van der Waals surface area contributed by atoms with Gasteiger partial charge < -0.3 is 19.1 Å². The minimum atomic E-state index is -0.426. The van der Waals surface area contributed by atoms with Crippen LogP contribution in [-0.2, 0) is 11.4 Å². The summed E-state index contributed by atoms with van der Waals surface area (Å²) in [4.78, 5) is 19.0. The SMILES string of the molecule is N=C1/C(=C\c2ccc(OCc3ccc4c(c3)OCO4)cc2)C(=O)N=C2SC(N3CCCC3)=NN12. The molecule has 0 unspecified atom stereocenters. The number of hydrogen-bond acceptors (Lipinski definition) is 8. The van der Waals surface area contributed by atoms with Crippen molar-refractivity contribution >= 4 is 39.9 Å². The first-order chi connectivity index (χ1) is 16.6. The maximum absolute atomic E-state index is 12.6. The van der Waals surface area contributed by atoms with Crippen LogP contribution in [0.15, 0.2) is 58.1 Å². The fourth-order valence-electron chi connectivity index (χ4n) is 4.04. The Bertz CT molecular complexity index is 1260. The second-order valence-electron chi connectivity index (χ2n) is 8.14. The lowest BCUT2D eigenvalue weighted by Gasteiger charge is -2.20. The molecule has 4 aliphatic heterocycles. The molecule has 4 heterocycles. The zero-order chi connectivity index (χ0) is 23.1. The van der Waals surface area contributed by atoms with Crippen molar-refractivity contribution in [2.24, 2.45) is 10.1 Å². The van der Waals surface area contributed by atoms with Crippen LogP contribution in [0.25, 0.3) is 6.08 Å². The van der Waals surface area contributed by atoms with Gasteiger partial charge in [-0.25, -0.2) is 0 Å². The zero-order valence-corrected chi connectivity index (χ0v) is 19.0. The van der Waals surface area contributed by atoms with Gasteiger partial charge in [-0.3, -0.25) is 10.2 Å². The number of carbonyl (C=O) groups is 1. The average molecular weight is 476 g/mol. The van der Waals surface area contributed by atoms with E-state index in [4.69, 9.17) is 19.6 Å². The third-order valence-electron chi connectivity index (χ3n) is 5.85. The maximum atomic E-state index is 12.6. The van der Waals surface area contributed by atoms with E-state index >= 15 is 0 Å². The highest BCUT2D eigenvalue weighted by Crippen LogP contribution is 2.33. The highest BCUT2D eigenvalue weighted by molar-refractivity contribution is 8.26. The van der Waals surface area contributed by atoms with Gasteiger partial charge in [0, 0.05) is 13.1 Å². The Balaban J connectivity index is 1.14. The van der Waals surface area contributed by atoms with Crippen molar-refractivity contribution in [3.63, 3.8) is 0 Å². The quantitative estimate of drug-likeness (QED) is 0.674. The highest BCUT2D eigenvalue weighted by atomic mass is 32.2. The second kappa shape index (κ2) is 8.53. The van der Waals surface area contributed by atoms with Gasteiger partial charge >= 0.3 is 0 Å². The molecular formula is C24H21N5O4S. The first kappa shape index (κ1) is 20.8. The summed E-state index contributed by atoms with van der Waals surface area (Å²) in [5, 5.41) is 15.8. The van der Waals surface area contributed by atoms with Gasteiger partial charge in [-0.05, 0) is 66.1 Å². The van der Waals surface area contributed by atoms with Crippen LogP contribution in [0.4, 0.5) is 0 Å². The molecule has 0 radical (unpaired) electrons. The number of nitrogens with one attached hydrogen (secondary N) is 1. The summed E-state index contributed by atoms with van der Waals surface area (Å²) >= 11 is 1.35. The fourth-order valence-corrected chi connectivity index (χ4v) is 4.99. The van der Waals surface area contributed by atoms with E-state index in [9.17, 15) is 4.79 Å². The fraction of sp³-hybridized carbons (Fsp3) is 0.250. The molecule has 6 rings (SSSR count). The number of fused-ring (bicyclic) bond motifs is 2. The standard InChI is InChI=1S/C24H21N5O4S/c25-21-18(22(30)26-23-29(21)27-24(34-23)28-9-1-2-10-28)11-15-3-6-17(7-4-15)31-13-16-5-8-19-20(12-16)33-14-32-19/h3-8,11-12,25H,1-2,9-10,13-14H2/b18-11+,25-21?. The minimum Gasteiger partial charge on any atom is -0.489 e. The molecule has 2 aromatic carbocycles. The van der Waals surface area contributed by atoms with Crippen molar-refractivity contribution in [1.82, 2.24) is 9.91 Å². The topological polar surface area (TPSA) is 99.8 Å². The molecule has 1 saturated heterocycles. The van der Waals surface area contributed by atoms with Gasteiger partial charge in [0.1, 0.15) is 12.4 Å². The van der Waals surface area contributed by atoms with E-state index in [1.807, 2.05) is 42.5 Å². The Kier molecular flexibility index (Phi) is 5.21. The molecule has 9 nitrogen and oxygen atoms in total.